The molecule has 6 nitrogen and oxygen atoms in total. The molecular weight excluding hydrogens is 276 g/mol. The van der Waals surface area contributed by atoms with Gasteiger partial charge in [0.1, 0.15) is 15.7 Å². The SMILES string of the molecule is CNc1nc(NCCCS(C)(=O)=O)c2ccccc2n1. The first-order valence-electron chi connectivity index (χ1n) is 6.36. The van der Waals surface area contributed by atoms with Gasteiger partial charge < -0.3 is 10.6 Å². The molecule has 2 N–H and O–H groups in total. The fraction of sp³-hybridized carbons (Fsp3) is 0.385. The fourth-order valence-electron chi connectivity index (χ4n) is 1.86. The lowest BCUT2D eigenvalue weighted by atomic mass is 10.2. The summed E-state index contributed by atoms with van der Waals surface area (Å²) >= 11 is 0. The van der Waals surface area contributed by atoms with E-state index in [1.807, 2.05) is 24.3 Å². The Morgan fingerprint density at radius 3 is 2.65 bits per heavy atom. The number of rotatable bonds is 6. The standard InChI is InChI=1S/C13H18N4O2S/c1-14-13-16-11-7-4-3-6-10(11)12(17-13)15-8-5-9-20(2,18)19/h3-4,6-7H,5,8-9H2,1-2H3,(H2,14,15,16,17). The molecule has 20 heavy (non-hydrogen) atoms. The van der Waals surface area contributed by atoms with Crippen LogP contribution in [0.25, 0.3) is 10.9 Å². The summed E-state index contributed by atoms with van der Waals surface area (Å²) in [7, 11) is -1.16. The zero-order chi connectivity index (χ0) is 14.6. The summed E-state index contributed by atoms with van der Waals surface area (Å²) in [4.78, 5) is 8.73. The number of nitrogens with one attached hydrogen (secondary N) is 2. The number of sulfone groups is 1. The molecular formula is C13H18N4O2S. The van der Waals surface area contributed by atoms with Crippen molar-refractivity contribution < 1.29 is 8.42 Å². The second-order valence-electron chi connectivity index (χ2n) is 4.57. The summed E-state index contributed by atoms with van der Waals surface area (Å²) in [6, 6.07) is 7.70. The molecule has 2 rings (SSSR count). The topological polar surface area (TPSA) is 84.0 Å². The van der Waals surface area contributed by atoms with Gasteiger partial charge in [0.25, 0.3) is 0 Å². The number of hydrogen-bond donors (Lipinski definition) is 2. The van der Waals surface area contributed by atoms with E-state index in [9.17, 15) is 8.42 Å². The Labute approximate surface area is 118 Å². The maximum absolute atomic E-state index is 11.1. The second kappa shape index (κ2) is 6.04. The minimum Gasteiger partial charge on any atom is -0.369 e. The fourth-order valence-corrected chi connectivity index (χ4v) is 2.53. The van der Waals surface area contributed by atoms with Gasteiger partial charge in [0.15, 0.2) is 0 Å². The number of anilines is 2. The summed E-state index contributed by atoms with van der Waals surface area (Å²) in [6.07, 6.45) is 1.79. The van der Waals surface area contributed by atoms with Crippen LogP contribution in [0.5, 0.6) is 0 Å². The van der Waals surface area contributed by atoms with Gasteiger partial charge in [-0.3, -0.25) is 0 Å². The summed E-state index contributed by atoms with van der Waals surface area (Å²) in [5.74, 6) is 1.42. The van der Waals surface area contributed by atoms with Crippen molar-refractivity contribution in [2.75, 3.05) is 36.2 Å². The van der Waals surface area contributed by atoms with Crippen LogP contribution < -0.4 is 10.6 Å². The molecule has 108 valence electrons. The first kappa shape index (κ1) is 14.5. The summed E-state index contributed by atoms with van der Waals surface area (Å²) in [5.41, 5.74) is 0.845. The van der Waals surface area contributed by atoms with Crippen molar-refractivity contribution in [1.29, 1.82) is 0 Å². The summed E-state index contributed by atoms with van der Waals surface area (Å²) < 4.78 is 22.2. The zero-order valence-electron chi connectivity index (χ0n) is 11.5. The molecule has 0 bridgehead atoms. The Morgan fingerprint density at radius 1 is 1.20 bits per heavy atom. The van der Waals surface area contributed by atoms with Gasteiger partial charge in [-0.1, -0.05) is 12.1 Å². The Bertz CT molecular complexity index is 701. The van der Waals surface area contributed by atoms with E-state index in [0.29, 0.717) is 24.7 Å². The lowest BCUT2D eigenvalue weighted by Gasteiger charge is -2.10. The quantitative estimate of drug-likeness (QED) is 0.786. The van der Waals surface area contributed by atoms with Crippen molar-refractivity contribution in [3.05, 3.63) is 24.3 Å². The van der Waals surface area contributed by atoms with E-state index in [1.165, 1.54) is 6.26 Å². The molecule has 0 aliphatic carbocycles. The molecule has 2 aromatic rings. The highest BCUT2D eigenvalue weighted by Gasteiger charge is 2.07. The molecule has 0 aliphatic rings. The van der Waals surface area contributed by atoms with Gasteiger partial charge in [-0.05, 0) is 18.6 Å². The Morgan fingerprint density at radius 2 is 1.95 bits per heavy atom. The van der Waals surface area contributed by atoms with Crippen LogP contribution in [-0.2, 0) is 9.84 Å². The lowest BCUT2D eigenvalue weighted by Crippen LogP contribution is -2.11. The molecule has 0 spiro atoms. The van der Waals surface area contributed by atoms with E-state index < -0.39 is 9.84 Å². The van der Waals surface area contributed by atoms with Gasteiger partial charge in [0, 0.05) is 25.2 Å². The predicted octanol–water partition coefficient (Wildman–Crippen LogP) is 1.52. The highest BCUT2D eigenvalue weighted by molar-refractivity contribution is 7.90. The van der Waals surface area contributed by atoms with E-state index >= 15 is 0 Å². The third-order valence-corrected chi connectivity index (χ3v) is 3.84. The monoisotopic (exact) mass is 294 g/mol. The number of fused-ring (bicyclic) bond motifs is 1. The minimum absolute atomic E-state index is 0.169. The minimum atomic E-state index is -2.92. The third kappa shape index (κ3) is 3.80. The van der Waals surface area contributed by atoms with Crippen LogP contribution in [-0.4, -0.2) is 44.0 Å². The smallest absolute Gasteiger partial charge is 0.224 e. The van der Waals surface area contributed by atoms with Crippen molar-refractivity contribution >= 4 is 32.5 Å². The lowest BCUT2D eigenvalue weighted by molar-refractivity contribution is 0.600. The van der Waals surface area contributed by atoms with Crippen LogP contribution in [0.15, 0.2) is 24.3 Å². The molecule has 1 heterocycles. The maximum Gasteiger partial charge on any atom is 0.224 e. The van der Waals surface area contributed by atoms with Gasteiger partial charge >= 0.3 is 0 Å². The number of hydrogen-bond acceptors (Lipinski definition) is 6. The average molecular weight is 294 g/mol. The van der Waals surface area contributed by atoms with E-state index in [-0.39, 0.29) is 5.75 Å². The van der Waals surface area contributed by atoms with Crippen LogP contribution in [0, 0.1) is 0 Å². The second-order valence-corrected chi connectivity index (χ2v) is 6.83. The summed E-state index contributed by atoms with van der Waals surface area (Å²) in [5, 5.41) is 7.02. The number of aromatic nitrogens is 2. The van der Waals surface area contributed by atoms with Gasteiger partial charge in [-0.15, -0.1) is 0 Å². The molecule has 0 atom stereocenters. The predicted molar refractivity (Wildman–Crippen MR) is 81.9 cm³/mol. The maximum atomic E-state index is 11.1. The molecule has 0 saturated carbocycles. The van der Waals surface area contributed by atoms with Crippen LogP contribution in [0.4, 0.5) is 11.8 Å². The average Bonchev–Trinajstić information content (AvgIpc) is 2.42. The van der Waals surface area contributed by atoms with Crippen molar-refractivity contribution in [2.24, 2.45) is 0 Å². The highest BCUT2D eigenvalue weighted by atomic mass is 32.2. The van der Waals surface area contributed by atoms with Crippen LogP contribution in [0.2, 0.25) is 0 Å². The van der Waals surface area contributed by atoms with Crippen molar-refractivity contribution in [3.8, 4) is 0 Å². The molecule has 0 radical (unpaired) electrons. The Hall–Kier alpha value is -1.89. The third-order valence-electron chi connectivity index (χ3n) is 2.81. The highest BCUT2D eigenvalue weighted by Crippen LogP contribution is 2.21. The largest absolute Gasteiger partial charge is 0.369 e. The first-order chi connectivity index (χ1) is 9.49. The van der Waals surface area contributed by atoms with Crippen molar-refractivity contribution in [2.45, 2.75) is 6.42 Å². The molecule has 1 aromatic carbocycles. The number of benzene rings is 1. The van der Waals surface area contributed by atoms with E-state index in [0.717, 1.165) is 10.9 Å². The van der Waals surface area contributed by atoms with E-state index in [2.05, 4.69) is 20.6 Å². The molecule has 7 heteroatoms. The van der Waals surface area contributed by atoms with Crippen LogP contribution in [0.3, 0.4) is 0 Å². The number of para-hydroxylation sites is 1. The van der Waals surface area contributed by atoms with Crippen LogP contribution >= 0.6 is 0 Å². The zero-order valence-corrected chi connectivity index (χ0v) is 12.4. The van der Waals surface area contributed by atoms with Gasteiger partial charge in [0.2, 0.25) is 5.95 Å². The molecule has 1 aromatic heterocycles. The molecule has 0 unspecified atom stereocenters. The van der Waals surface area contributed by atoms with E-state index in [4.69, 9.17) is 0 Å². The molecule has 0 aliphatic heterocycles. The summed E-state index contributed by atoms with van der Waals surface area (Å²) in [6.45, 7) is 0.553. The Kier molecular flexibility index (Phi) is 4.39. The van der Waals surface area contributed by atoms with Crippen molar-refractivity contribution in [3.63, 3.8) is 0 Å². The first-order valence-corrected chi connectivity index (χ1v) is 8.42. The number of nitrogens with zero attached hydrogens (tertiary/aromatic N) is 2. The molecule has 0 saturated heterocycles. The van der Waals surface area contributed by atoms with Gasteiger partial charge in [0.05, 0.1) is 11.3 Å². The Balaban J connectivity index is 2.16. The molecule has 0 fully saturated rings. The van der Waals surface area contributed by atoms with Crippen LogP contribution in [0.1, 0.15) is 6.42 Å². The van der Waals surface area contributed by atoms with Gasteiger partial charge in [-0.2, -0.15) is 4.98 Å². The van der Waals surface area contributed by atoms with Gasteiger partial charge in [-0.25, -0.2) is 13.4 Å². The van der Waals surface area contributed by atoms with E-state index in [1.54, 1.807) is 7.05 Å². The molecule has 0 amide bonds. The van der Waals surface area contributed by atoms with Crippen molar-refractivity contribution in [1.82, 2.24) is 9.97 Å². The normalized spacial score (nSPS) is 11.5.